The Morgan fingerprint density at radius 2 is 1.86 bits per heavy atom. The molecule has 1 N–H and O–H groups in total. The molecule has 1 aromatic carbocycles. The number of rotatable bonds is 5. The molecule has 7 nitrogen and oxygen atoms in total. The first-order chi connectivity index (χ1) is 13.7. The Kier molecular flexibility index (Phi) is 5.25. The second kappa shape index (κ2) is 7.98. The standard InChI is InChI=1S/C21H24N4O3/c1-27-17-3-4-18-16(9-17)10-19(24-20(18)26)15-5-7-25(8-6-15)13-14-11-22-21(28-2)23-12-14/h3-4,9-12,15H,5-8,13H2,1-2H3,(H,24,26). The zero-order valence-corrected chi connectivity index (χ0v) is 16.1. The van der Waals surface area contributed by atoms with Crippen LogP contribution in [0.3, 0.4) is 0 Å². The van der Waals surface area contributed by atoms with Gasteiger partial charge in [0.05, 0.1) is 14.2 Å². The lowest BCUT2D eigenvalue weighted by Gasteiger charge is -2.31. The van der Waals surface area contributed by atoms with Crippen LogP contribution in [0.25, 0.3) is 10.8 Å². The predicted octanol–water partition coefficient (Wildman–Crippen LogP) is 2.71. The number of benzene rings is 1. The van der Waals surface area contributed by atoms with Crippen molar-refractivity contribution >= 4 is 10.8 Å². The number of nitrogens with one attached hydrogen (secondary N) is 1. The number of pyridine rings is 1. The SMILES string of the molecule is COc1ccc2c(=O)[nH]c(C3CCN(Cc4cnc(OC)nc4)CC3)cc2c1. The Morgan fingerprint density at radius 1 is 1.11 bits per heavy atom. The number of hydrogen-bond donors (Lipinski definition) is 1. The summed E-state index contributed by atoms with van der Waals surface area (Å²) in [7, 11) is 3.20. The Balaban J connectivity index is 1.45. The van der Waals surface area contributed by atoms with Crippen molar-refractivity contribution in [2.45, 2.75) is 25.3 Å². The minimum Gasteiger partial charge on any atom is -0.497 e. The van der Waals surface area contributed by atoms with Crippen molar-refractivity contribution in [3.63, 3.8) is 0 Å². The van der Waals surface area contributed by atoms with Gasteiger partial charge in [-0.25, -0.2) is 9.97 Å². The summed E-state index contributed by atoms with van der Waals surface area (Å²) >= 11 is 0. The van der Waals surface area contributed by atoms with Gasteiger partial charge in [0.15, 0.2) is 0 Å². The predicted molar refractivity (Wildman–Crippen MR) is 107 cm³/mol. The van der Waals surface area contributed by atoms with Gasteiger partial charge in [-0.1, -0.05) is 0 Å². The Hall–Kier alpha value is -2.93. The summed E-state index contributed by atoms with van der Waals surface area (Å²) in [6.07, 6.45) is 5.63. The van der Waals surface area contributed by atoms with Crippen molar-refractivity contribution < 1.29 is 9.47 Å². The molecule has 1 aliphatic heterocycles. The van der Waals surface area contributed by atoms with Gasteiger partial charge in [0.2, 0.25) is 0 Å². The second-order valence-electron chi connectivity index (χ2n) is 7.14. The van der Waals surface area contributed by atoms with Crippen LogP contribution in [0.5, 0.6) is 11.8 Å². The average Bonchev–Trinajstić information content (AvgIpc) is 2.74. The molecule has 0 saturated carbocycles. The van der Waals surface area contributed by atoms with E-state index < -0.39 is 0 Å². The van der Waals surface area contributed by atoms with Crippen LogP contribution < -0.4 is 15.0 Å². The van der Waals surface area contributed by atoms with E-state index in [1.165, 1.54) is 0 Å². The van der Waals surface area contributed by atoms with E-state index in [0.29, 0.717) is 17.3 Å². The van der Waals surface area contributed by atoms with Gasteiger partial charge in [-0.2, -0.15) is 0 Å². The summed E-state index contributed by atoms with van der Waals surface area (Å²) in [4.78, 5) is 26.3. The molecule has 0 bridgehead atoms. The first kappa shape index (κ1) is 18.4. The fraction of sp³-hybridized carbons (Fsp3) is 0.381. The van der Waals surface area contributed by atoms with E-state index in [-0.39, 0.29) is 5.56 Å². The van der Waals surface area contributed by atoms with Crippen LogP contribution in [0, 0.1) is 0 Å². The molecule has 0 aliphatic carbocycles. The third-order valence-electron chi connectivity index (χ3n) is 5.37. The third kappa shape index (κ3) is 3.84. The first-order valence-electron chi connectivity index (χ1n) is 9.44. The highest BCUT2D eigenvalue weighted by Crippen LogP contribution is 2.29. The van der Waals surface area contributed by atoms with Crippen LogP contribution in [-0.2, 0) is 6.54 Å². The van der Waals surface area contributed by atoms with Gasteiger partial charge in [-0.05, 0) is 55.6 Å². The number of hydrogen-bond acceptors (Lipinski definition) is 6. The van der Waals surface area contributed by atoms with Gasteiger partial charge < -0.3 is 14.5 Å². The van der Waals surface area contributed by atoms with E-state index in [2.05, 4.69) is 25.9 Å². The van der Waals surface area contributed by atoms with Crippen LogP contribution in [0.1, 0.15) is 30.0 Å². The van der Waals surface area contributed by atoms with Crippen LogP contribution in [0.15, 0.2) is 41.5 Å². The third-order valence-corrected chi connectivity index (χ3v) is 5.37. The molecule has 4 rings (SSSR count). The summed E-state index contributed by atoms with van der Waals surface area (Å²) in [5, 5.41) is 1.62. The van der Waals surface area contributed by atoms with Crippen molar-refractivity contribution in [3.8, 4) is 11.8 Å². The van der Waals surface area contributed by atoms with Crippen molar-refractivity contribution in [3.05, 3.63) is 58.3 Å². The van der Waals surface area contributed by atoms with E-state index in [0.717, 1.165) is 54.9 Å². The average molecular weight is 380 g/mol. The quantitative estimate of drug-likeness (QED) is 0.733. The summed E-state index contributed by atoms with van der Waals surface area (Å²) < 4.78 is 10.3. The number of methoxy groups -OCH3 is 2. The van der Waals surface area contributed by atoms with E-state index in [4.69, 9.17) is 9.47 Å². The zero-order valence-electron chi connectivity index (χ0n) is 16.1. The molecule has 0 spiro atoms. The normalized spacial score (nSPS) is 15.6. The molecular weight excluding hydrogens is 356 g/mol. The molecule has 2 aromatic heterocycles. The summed E-state index contributed by atoms with van der Waals surface area (Å²) in [6, 6.07) is 8.04. The molecule has 28 heavy (non-hydrogen) atoms. The minimum absolute atomic E-state index is 0.0343. The lowest BCUT2D eigenvalue weighted by atomic mass is 9.92. The van der Waals surface area contributed by atoms with Crippen LogP contribution in [0.4, 0.5) is 0 Å². The molecule has 0 radical (unpaired) electrons. The summed E-state index contributed by atoms with van der Waals surface area (Å²) in [5.74, 6) is 1.12. The molecule has 0 unspecified atom stereocenters. The zero-order chi connectivity index (χ0) is 19.5. The first-order valence-corrected chi connectivity index (χ1v) is 9.44. The van der Waals surface area contributed by atoms with Gasteiger partial charge in [-0.15, -0.1) is 0 Å². The topological polar surface area (TPSA) is 80.3 Å². The Morgan fingerprint density at radius 3 is 2.54 bits per heavy atom. The molecule has 1 saturated heterocycles. The maximum absolute atomic E-state index is 12.5. The van der Waals surface area contributed by atoms with Crippen molar-refractivity contribution in [2.75, 3.05) is 27.3 Å². The van der Waals surface area contributed by atoms with Crippen molar-refractivity contribution in [1.82, 2.24) is 19.9 Å². The van der Waals surface area contributed by atoms with Gasteiger partial charge in [0.1, 0.15) is 5.75 Å². The van der Waals surface area contributed by atoms with Gasteiger partial charge >= 0.3 is 6.01 Å². The van der Waals surface area contributed by atoms with Crippen LogP contribution in [0.2, 0.25) is 0 Å². The number of fused-ring (bicyclic) bond motifs is 1. The van der Waals surface area contributed by atoms with E-state index in [1.807, 2.05) is 30.6 Å². The number of ether oxygens (including phenoxy) is 2. The maximum atomic E-state index is 12.5. The van der Waals surface area contributed by atoms with Gasteiger partial charge in [0.25, 0.3) is 5.56 Å². The largest absolute Gasteiger partial charge is 0.497 e. The molecule has 3 heterocycles. The van der Waals surface area contributed by atoms with E-state index in [9.17, 15) is 4.79 Å². The summed E-state index contributed by atoms with van der Waals surface area (Å²) in [5.41, 5.74) is 2.05. The fourth-order valence-corrected chi connectivity index (χ4v) is 3.81. The highest BCUT2D eigenvalue weighted by atomic mass is 16.5. The number of likely N-dealkylation sites (tertiary alicyclic amines) is 1. The minimum atomic E-state index is -0.0343. The maximum Gasteiger partial charge on any atom is 0.316 e. The Bertz CT molecular complexity index is 1010. The number of piperidine rings is 1. The van der Waals surface area contributed by atoms with E-state index >= 15 is 0 Å². The molecule has 3 aromatic rings. The molecule has 0 atom stereocenters. The second-order valence-corrected chi connectivity index (χ2v) is 7.14. The van der Waals surface area contributed by atoms with E-state index in [1.54, 1.807) is 14.2 Å². The molecular formula is C21H24N4O3. The molecule has 7 heteroatoms. The molecule has 146 valence electrons. The molecule has 1 fully saturated rings. The highest BCUT2D eigenvalue weighted by Gasteiger charge is 2.22. The molecule has 1 aliphatic rings. The fourth-order valence-electron chi connectivity index (χ4n) is 3.81. The monoisotopic (exact) mass is 380 g/mol. The smallest absolute Gasteiger partial charge is 0.316 e. The molecule has 0 amide bonds. The lowest BCUT2D eigenvalue weighted by molar-refractivity contribution is 0.202. The van der Waals surface area contributed by atoms with Crippen LogP contribution >= 0.6 is 0 Å². The van der Waals surface area contributed by atoms with Crippen molar-refractivity contribution in [2.24, 2.45) is 0 Å². The summed E-state index contributed by atoms with van der Waals surface area (Å²) in [6.45, 7) is 2.76. The van der Waals surface area contributed by atoms with Gasteiger partial charge in [0, 0.05) is 41.5 Å². The number of aromatic nitrogens is 3. The highest BCUT2D eigenvalue weighted by molar-refractivity contribution is 5.83. The van der Waals surface area contributed by atoms with Gasteiger partial charge in [-0.3, -0.25) is 9.69 Å². The van der Waals surface area contributed by atoms with Crippen LogP contribution in [-0.4, -0.2) is 47.2 Å². The Labute approximate surface area is 163 Å². The number of H-pyrrole nitrogens is 1. The number of nitrogens with zero attached hydrogens (tertiary/aromatic N) is 3. The lowest BCUT2D eigenvalue weighted by Crippen LogP contribution is -2.33. The van der Waals surface area contributed by atoms with Crippen molar-refractivity contribution in [1.29, 1.82) is 0 Å². The number of aromatic amines is 1.